The number of fused-ring (bicyclic) bond motifs is 3. The third-order valence-corrected chi connectivity index (χ3v) is 8.17. The van der Waals surface area contributed by atoms with E-state index in [2.05, 4.69) is 6.07 Å². The molecule has 0 unspecified atom stereocenters. The largest absolute Gasteiger partial charge is 0.490 e. The van der Waals surface area contributed by atoms with Gasteiger partial charge in [-0.3, -0.25) is 9.59 Å². The van der Waals surface area contributed by atoms with Crippen molar-refractivity contribution in [3.63, 3.8) is 0 Å². The highest BCUT2D eigenvalue weighted by atomic mass is 16.6. The number of ether oxygens (including phenoxy) is 3. The molecule has 0 N–H and O–H groups in total. The Bertz CT molecular complexity index is 984. The Morgan fingerprint density at radius 1 is 1.08 bits per heavy atom. The summed E-state index contributed by atoms with van der Waals surface area (Å²) in [7, 11) is 5.33. The maximum atomic E-state index is 13.7. The minimum atomic E-state index is -0.288. The van der Waals surface area contributed by atoms with E-state index >= 15 is 0 Å². The first kappa shape index (κ1) is 26.4. The SMILES string of the molecule is CO[C@@H]1CC[C@H]2CCN(C)C(=O)CC3(CCCCC3)CN(C)C(=O)c3cc(C#N)ccc3OC[C@@H]1O2. The molecule has 1 spiro atoms. The van der Waals surface area contributed by atoms with Crippen molar-refractivity contribution in [2.45, 2.75) is 76.1 Å². The summed E-state index contributed by atoms with van der Waals surface area (Å²) in [4.78, 5) is 30.6. The first-order valence-corrected chi connectivity index (χ1v) is 13.2. The van der Waals surface area contributed by atoms with Crippen LogP contribution >= 0.6 is 0 Å². The summed E-state index contributed by atoms with van der Waals surface area (Å²) in [6.07, 6.45) is 7.68. The van der Waals surface area contributed by atoms with Crippen molar-refractivity contribution < 1.29 is 23.8 Å². The van der Waals surface area contributed by atoms with E-state index in [1.54, 1.807) is 37.3 Å². The Hall–Kier alpha value is -2.63. The lowest BCUT2D eigenvalue weighted by Gasteiger charge is -2.41. The van der Waals surface area contributed by atoms with E-state index < -0.39 is 0 Å². The maximum Gasteiger partial charge on any atom is 0.257 e. The number of rotatable bonds is 1. The zero-order valence-corrected chi connectivity index (χ0v) is 21.8. The zero-order chi connectivity index (χ0) is 25.7. The predicted octanol–water partition coefficient (Wildman–Crippen LogP) is 3.77. The summed E-state index contributed by atoms with van der Waals surface area (Å²) in [5.41, 5.74) is 0.526. The molecule has 2 aliphatic heterocycles. The van der Waals surface area contributed by atoms with Crippen LogP contribution in [0.25, 0.3) is 0 Å². The molecule has 2 bridgehead atoms. The van der Waals surface area contributed by atoms with Crippen LogP contribution in [0.2, 0.25) is 0 Å². The molecule has 36 heavy (non-hydrogen) atoms. The Morgan fingerprint density at radius 2 is 1.86 bits per heavy atom. The van der Waals surface area contributed by atoms with E-state index in [1.807, 2.05) is 11.9 Å². The fourth-order valence-electron chi connectivity index (χ4n) is 6.02. The van der Waals surface area contributed by atoms with Gasteiger partial charge in [0.05, 0.1) is 29.4 Å². The van der Waals surface area contributed by atoms with Gasteiger partial charge in [-0.25, -0.2) is 0 Å². The van der Waals surface area contributed by atoms with Crippen molar-refractivity contribution in [2.75, 3.05) is 40.9 Å². The van der Waals surface area contributed by atoms with E-state index in [1.165, 1.54) is 0 Å². The Balaban J connectivity index is 1.67. The van der Waals surface area contributed by atoms with Gasteiger partial charge >= 0.3 is 0 Å². The second-order valence-corrected chi connectivity index (χ2v) is 10.8. The smallest absolute Gasteiger partial charge is 0.257 e. The van der Waals surface area contributed by atoms with Crippen molar-refractivity contribution in [2.24, 2.45) is 5.41 Å². The molecule has 1 aromatic rings. The Kier molecular flexibility index (Phi) is 8.53. The van der Waals surface area contributed by atoms with Crippen LogP contribution in [0.15, 0.2) is 18.2 Å². The molecule has 1 saturated carbocycles. The van der Waals surface area contributed by atoms with Gasteiger partial charge in [0.1, 0.15) is 18.5 Å². The normalized spacial score (nSPS) is 27.8. The number of nitriles is 1. The minimum absolute atomic E-state index is 0.0185. The van der Waals surface area contributed by atoms with Gasteiger partial charge in [0.25, 0.3) is 5.91 Å². The third-order valence-electron chi connectivity index (χ3n) is 8.17. The van der Waals surface area contributed by atoms with Crippen LogP contribution in [0.5, 0.6) is 5.75 Å². The number of amides is 2. The van der Waals surface area contributed by atoms with Gasteiger partial charge in [-0.2, -0.15) is 5.26 Å². The first-order valence-electron chi connectivity index (χ1n) is 13.2. The van der Waals surface area contributed by atoms with Crippen LogP contribution in [0.1, 0.15) is 73.7 Å². The second-order valence-electron chi connectivity index (χ2n) is 10.8. The average molecular weight is 498 g/mol. The van der Waals surface area contributed by atoms with Gasteiger partial charge < -0.3 is 24.0 Å². The number of hydrogen-bond acceptors (Lipinski definition) is 6. The van der Waals surface area contributed by atoms with Gasteiger partial charge in [0.2, 0.25) is 5.91 Å². The van der Waals surface area contributed by atoms with E-state index in [0.717, 1.165) is 51.4 Å². The standard InChI is InChI=1S/C28H39N3O5/c1-30-14-11-21-8-10-24(34-3)25(36-21)18-35-23-9-7-20(17-29)15-22(23)27(33)31(2)19-28(16-26(30)32)12-5-4-6-13-28/h7,9,15,21,24-25H,4-6,8,10-14,16,18-19H2,1-3H3/t21-,24+,25-/m0/s1. The monoisotopic (exact) mass is 497 g/mol. The van der Waals surface area contributed by atoms with Crippen LogP contribution in [0.3, 0.4) is 0 Å². The van der Waals surface area contributed by atoms with E-state index in [-0.39, 0.29) is 42.1 Å². The van der Waals surface area contributed by atoms with Gasteiger partial charge in [0.15, 0.2) is 0 Å². The van der Waals surface area contributed by atoms with Gasteiger partial charge in [-0.1, -0.05) is 19.3 Å². The highest BCUT2D eigenvalue weighted by molar-refractivity contribution is 5.97. The molecule has 8 heteroatoms. The molecule has 3 atom stereocenters. The highest BCUT2D eigenvalue weighted by Crippen LogP contribution is 2.41. The Morgan fingerprint density at radius 3 is 2.58 bits per heavy atom. The second kappa shape index (κ2) is 11.6. The van der Waals surface area contributed by atoms with Crippen LogP contribution < -0.4 is 4.74 Å². The van der Waals surface area contributed by atoms with Crippen LogP contribution in [-0.2, 0) is 14.3 Å². The molecule has 196 valence electrons. The maximum absolute atomic E-state index is 13.7. The summed E-state index contributed by atoms with van der Waals surface area (Å²) in [6.45, 7) is 1.38. The Labute approximate surface area is 214 Å². The lowest BCUT2D eigenvalue weighted by atomic mass is 9.71. The molecule has 8 nitrogen and oxygen atoms in total. The molecule has 1 aromatic carbocycles. The summed E-state index contributed by atoms with van der Waals surface area (Å²) in [5, 5.41) is 9.47. The summed E-state index contributed by atoms with van der Waals surface area (Å²) < 4.78 is 18.2. The third kappa shape index (κ3) is 6.01. The molecule has 2 amide bonds. The molecule has 1 saturated heterocycles. The van der Waals surface area contributed by atoms with Crippen LogP contribution in [0.4, 0.5) is 0 Å². The van der Waals surface area contributed by atoms with Crippen LogP contribution in [-0.4, -0.2) is 80.8 Å². The minimum Gasteiger partial charge on any atom is -0.490 e. The van der Waals surface area contributed by atoms with Gasteiger partial charge in [-0.05, 0) is 55.7 Å². The number of carbonyl (C=O) groups is 2. The lowest BCUT2D eigenvalue weighted by molar-refractivity contribution is -0.146. The first-order chi connectivity index (χ1) is 17.3. The van der Waals surface area contributed by atoms with Crippen molar-refractivity contribution in [3.05, 3.63) is 29.3 Å². The molecule has 2 heterocycles. The van der Waals surface area contributed by atoms with E-state index in [9.17, 15) is 14.9 Å². The summed E-state index contributed by atoms with van der Waals surface area (Å²) in [5.74, 6) is 0.361. The molecule has 2 fully saturated rings. The van der Waals surface area contributed by atoms with Crippen molar-refractivity contribution in [3.8, 4) is 11.8 Å². The average Bonchev–Trinajstić information content (AvgIpc) is 2.89. The molecule has 4 rings (SSSR count). The van der Waals surface area contributed by atoms with Gasteiger partial charge in [0, 0.05) is 40.7 Å². The zero-order valence-electron chi connectivity index (χ0n) is 21.8. The van der Waals surface area contributed by atoms with Crippen LogP contribution in [0, 0.1) is 16.7 Å². The molecular weight excluding hydrogens is 458 g/mol. The molecule has 1 aliphatic carbocycles. The topological polar surface area (TPSA) is 92.1 Å². The molecule has 0 aromatic heterocycles. The summed E-state index contributed by atoms with van der Waals surface area (Å²) in [6, 6.07) is 7.09. The number of methoxy groups -OCH3 is 1. The van der Waals surface area contributed by atoms with Gasteiger partial charge in [-0.15, -0.1) is 0 Å². The molecule has 0 radical (unpaired) electrons. The number of nitrogens with zero attached hydrogens (tertiary/aromatic N) is 3. The van der Waals surface area contributed by atoms with Crippen molar-refractivity contribution in [1.29, 1.82) is 5.26 Å². The number of benzene rings is 1. The van der Waals surface area contributed by atoms with Crippen molar-refractivity contribution >= 4 is 11.8 Å². The summed E-state index contributed by atoms with van der Waals surface area (Å²) >= 11 is 0. The quantitative estimate of drug-likeness (QED) is 0.587. The molecular formula is C28H39N3O5. The van der Waals surface area contributed by atoms with E-state index in [0.29, 0.717) is 36.4 Å². The fraction of sp³-hybridized carbons (Fsp3) is 0.679. The number of carbonyl (C=O) groups excluding carboxylic acids is 2. The number of hydrogen-bond donors (Lipinski definition) is 0. The van der Waals surface area contributed by atoms with E-state index in [4.69, 9.17) is 14.2 Å². The lowest BCUT2D eigenvalue weighted by Crippen LogP contribution is -2.46. The fourth-order valence-corrected chi connectivity index (χ4v) is 6.02. The molecule has 3 aliphatic rings. The predicted molar refractivity (Wildman–Crippen MR) is 135 cm³/mol. The highest BCUT2D eigenvalue weighted by Gasteiger charge is 2.38. The van der Waals surface area contributed by atoms with Crippen molar-refractivity contribution in [1.82, 2.24) is 9.80 Å².